The molecule has 9 atom stereocenters. The molecular formula is C58H92ClN25O14S2. The van der Waals surface area contributed by atoms with Gasteiger partial charge in [-0.2, -0.15) is 0 Å². The SMILES string of the molecule is NC(N)=NCCC[C@H](NC(=O)[C@@H]1CSSC2(CCCCC2)C(NC(=O)[C@@H](N)CCCN=C(N)N)C(=O)NCC(=O)N[C@@H](Cc2cnc[nH]2)C(=O)N[C@@H](CCCN=C(N)N)C(=O)NCC(=O)N[C@@H](CC(=O)O)C(=O)N[C@@H](Cc2ccc(Cl)cc2)C(=O)N[C@@H](CCCN=C(N)N)C(=O)N1)C(=O)O. The number of carboxylic acid groups (broad SMARTS) is 2. The zero-order valence-corrected chi connectivity index (χ0v) is 57.2. The zero-order chi connectivity index (χ0) is 73.9. The maximum atomic E-state index is 15.0. The number of carbonyl (C=O) groups is 12. The molecular weight excluding hydrogens is 1370 g/mol. The lowest BCUT2D eigenvalue weighted by Crippen LogP contribution is -2.62. The Labute approximate surface area is 587 Å². The molecule has 1 aliphatic carbocycles. The van der Waals surface area contributed by atoms with Crippen molar-refractivity contribution in [3.05, 3.63) is 53.1 Å². The van der Waals surface area contributed by atoms with Crippen LogP contribution in [0.3, 0.4) is 0 Å². The van der Waals surface area contributed by atoms with Gasteiger partial charge >= 0.3 is 11.9 Å². The summed E-state index contributed by atoms with van der Waals surface area (Å²) in [6.45, 7) is -1.85. The number of guanidine groups is 4. The van der Waals surface area contributed by atoms with Crippen molar-refractivity contribution < 1.29 is 67.7 Å². The minimum Gasteiger partial charge on any atom is -0.481 e. The maximum absolute atomic E-state index is 15.0. The van der Waals surface area contributed by atoms with Crippen LogP contribution in [-0.2, 0) is 70.4 Å². The van der Waals surface area contributed by atoms with E-state index >= 15 is 0 Å². The van der Waals surface area contributed by atoms with Gasteiger partial charge in [0.1, 0.15) is 48.3 Å². The topological polar surface area (TPSA) is 678 Å². The number of carboxylic acids is 2. The van der Waals surface area contributed by atoms with Crippen LogP contribution in [0.5, 0.6) is 0 Å². The summed E-state index contributed by atoms with van der Waals surface area (Å²) in [5.41, 5.74) is 51.3. The van der Waals surface area contributed by atoms with Crippen molar-refractivity contribution in [2.75, 3.05) is 45.0 Å². The first-order valence-electron chi connectivity index (χ1n) is 31.9. The zero-order valence-electron chi connectivity index (χ0n) is 54.8. The summed E-state index contributed by atoms with van der Waals surface area (Å²) in [6.07, 6.45) is 2.62. The lowest BCUT2D eigenvalue weighted by molar-refractivity contribution is -0.142. The van der Waals surface area contributed by atoms with Gasteiger partial charge in [-0.3, -0.25) is 72.7 Å². The van der Waals surface area contributed by atoms with Gasteiger partial charge in [-0.25, -0.2) is 9.78 Å². The number of hydrogen-bond acceptors (Lipinski definition) is 20. The number of H-pyrrole nitrogens is 1. The normalized spacial score (nSPS) is 21.6. The minimum atomic E-state index is -1.95. The molecule has 1 aliphatic heterocycles. The van der Waals surface area contributed by atoms with Gasteiger partial charge in [0, 0.05) is 61.7 Å². The molecule has 1 unspecified atom stereocenters. The van der Waals surface area contributed by atoms with E-state index in [0.29, 0.717) is 30.5 Å². The second-order valence-electron chi connectivity index (χ2n) is 23.4. The lowest BCUT2D eigenvalue weighted by Gasteiger charge is -2.42. The number of imidazole rings is 1. The van der Waals surface area contributed by atoms with Gasteiger partial charge in [-0.15, -0.1) is 0 Å². The number of rotatable bonds is 27. The lowest BCUT2D eigenvalue weighted by atomic mass is 9.82. The number of carbonyl (C=O) groups excluding carboxylic acids is 10. The van der Waals surface area contributed by atoms with Gasteiger partial charge in [0.25, 0.3) is 0 Å². The Morgan fingerprint density at radius 2 is 1.10 bits per heavy atom. The van der Waals surface area contributed by atoms with E-state index < -0.39 is 155 Å². The first-order chi connectivity index (χ1) is 47.4. The molecule has 42 heteroatoms. The first-order valence-corrected chi connectivity index (χ1v) is 34.6. The summed E-state index contributed by atoms with van der Waals surface area (Å²) >= 11 is 6.19. The molecule has 100 heavy (non-hydrogen) atoms. The molecule has 552 valence electrons. The van der Waals surface area contributed by atoms with Crippen LogP contribution in [0, 0.1) is 0 Å². The van der Waals surface area contributed by atoms with Crippen LogP contribution in [0.15, 0.2) is 56.8 Å². The van der Waals surface area contributed by atoms with Crippen LogP contribution in [0.1, 0.15) is 101 Å². The van der Waals surface area contributed by atoms with E-state index in [0.717, 1.165) is 21.6 Å². The number of nitrogens with two attached hydrogens (primary N) is 9. The summed E-state index contributed by atoms with van der Waals surface area (Å²) in [5, 5.41) is 45.9. The Morgan fingerprint density at radius 1 is 0.610 bits per heavy atom. The highest BCUT2D eigenvalue weighted by atomic mass is 35.5. The highest BCUT2D eigenvalue weighted by Gasteiger charge is 2.47. The van der Waals surface area contributed by atoms with Gasteiger partial charge in [0.2, 0.25) is 59.1 Å². The number of hydrogen-bond donors (Lipinski definition) is 22. The standard InChI is InChI=1S/C58H92ClN25O14S2/c59-31-14-12-30(13-15-31)22-37-48(92)80-35(10-6-20-72-56(65)66)47(91)83-40(51(95)81-36(53(97)98)11-7-21-73-57(67)68)28-99-100-58(16-2-1-3-17-58)44(84-45(89)33(60)8-4-18-70-54(61)62)52(96)75-27-42(86)77-38(23-32-25-69-29-76-32)49(93)79-34(9-5-19-71-55(63)64)46(90)74-26-41(85)78-39(24-43(87)88)50(94)82-37/h12-15,25,29,33-40,44H,1-11,16-24,26-28,60H2,(H,69,76)(H,74,90)(H,75,96)(H,77,86)(H,78,85)(H,79,93)(H,80,92)(H,81,95)(H,82,94)(H,83,91)(H,84,89)(H,87,88)(H,97,98)(H4,61,62,70)(H4,63,64,71)(H4,65,66,72)(H4,67,68,73)/t33-,34-,35-,36-,37-,38-,39-,40-,44?/m0/s1. The number of aromatic nitrogens is 2. The van der Waals surface area contributed by atoms with Gasteiger partial charge in [-0.1, -0.05) is 64.6 Å². The second-order valence-corrected chi connectivity index (χ2v) is 26.6. The highest BCUT2D eigenvalue weighted by molar-refractivity contribution is 8.77. The van der Waals surface area contributed by atoms with E-state index in [1.165, 1.54) is 36.8 Å². The number of nitrogens with zero attached hydrogens (tertiary/aromatic N) is 5. The summed E-state index contributed by atoms with van der Waals surface area (Å²) in [7, 11) is 1.98. The van der Waals surface area contributed by atoms with E-state index in [4.69, 9.17) is 63.2 Å². The van der Waals surface area contributed by atoms with Crippen LogP contribution < -0.4 is 105 Å². The van der Waals surface area contributed by atoms with E-state index in [2.05, 4.69) is 83.1 Å². The average molecular weight is 1460 g/mol. The summed E-state index contributed by atoms with van der Waals surface area (Å²) in [4.78, 5) is 192. The smallest absolute Gasteiger partial charge is 0.326 e. The fourth-order valence-electron chi connectivity index (χ4n) is 10.3. The molecule has 0 bridgehead atoms. The first kappa shape index (κ1) is 82.5. The van der Waals surface area contributed by atoms with E-state index in [9.17, 15) is 67.7 Å². The van der Waals surface area contributed by atoms with Crippen LogP contribution in [0.2, 0.25) is 5.02 Å². The van der Waals surface area contributed by atoms with Crippen molar-refractivity contribution >= 4 is 128 Å². The quantitative estimate of drug-likeness (QED) is 0.0171. The summed E-state index contributed by atoms with van der Waals surface area (Å²) in [5.74, 6) is -14.7. The number of amides is 10. The average Bonchev–Trinajstić information content (AvgIpc) is 0.885. The molecule has 2 fully saturated rings. The fraction of sp³-hybridized carbons (Fsp3) is 0.569. The molecule has 2 aliphatic rings. The van der Waals surface area contributed by atoms with Gasteiger partial charge in [0.05, 0.1) is 36.6 Å². The highest BCUT2D eigenvalue weighted by Crippen LogP contribution is 2.48. The fourth-order valence-corrected chi connectivity index (χ4v) is 13.9. The number of benzene rings is 1. The molecule has 1 saturated heterocycles. The predicted molar refractivity (Wildman–Crippen MR) is 372 cm³/mol. The molecule has 0 radical (unpaired) electrons. The van der Waals surface area contributed by atoms with Crippen molar-refractivity contribution in [1.82, 2.24) is 63.1 Å². The number of nitrogens with one attached hydrogen (secondary N) is 11. The number of aliphatic imine (C=N–C) groups is 4. The van der Waals surface area contributed by atoms with Gasteiger partial charge in [-0.05, 0) is 81.9 Å². The Balaban J connectivity index is 1.94. The molecule has 1 spiro atoms. The number of aliphatic carboxylic acids is 2. The minimum absolute atomic E-state index is 0.0256. The third-order valence-corrected chi connectivity index (χ3v) is 19.0. The third-order valence-electron chi connectivity index (χ3n) is 15.4. The van der Waals surface area contributed by atoms with Crippen molar-refractivity contribution in [3.8, 4) is 0 Å². The molecule has 39 nitrogen and oxygen atoms in total. The van der Waals surface area contributed by atoms with Crippen molar-refractivity contribution in [2.45, 2.75) is 162 Å². The maximum Gasteiger partial charge on any atom is 0.326 e. The van der Waals surface area contributed by atoms with E-state index in [1.54, 1.807) is 0 Å². The molecule has 10 amide bonds. The molecule has 2 aromatic rings. The van der Waals surface area contributed by atoms with E-state index in [-0.39, 0.29) is 132 Å². The van der Waals surface area contributed by atoms with Crippen LogP contribution >= 0.6 is 33.2 Å². The molecule has 4 rings (SSSR count). The van der Waals surface area contributed by atoms with Crippen LogP contribution in [-0.4, -0.2) is 219 Å². The Bertz CT molecular complexity index is 3240. The van der Waals surface area contributed by atoms with Gasteiger partial charge in [0.15, 0.2) is 23.8 Å². The monoisotopic (exact) mass is 1460 g/mol. The second kappa shape index (κ2) is 42.8. The largest absolute Gasteiger partial charge is 0.481 e. The Kier molecular flexibility index (Phi) is 35.3. The molecule has 31 N–H and O–H groups in total. The molecule has 2 heterocycles. The van der Waals surface area contributed by atoms with Gasteiger partial charge < -0.3 is 120 Å². The Morgan fingerprint density at radius 3 is 1.63 bits per heavy atom. The third kappa shape index (κ3) is 30.5. The Hall–Kier alpha value is -9.90. The van der Waals surface area contributed by atoms with Crippen LogP contribution in [0.4, 0.5) is 0 Å². The summed E-state index contributed by atoms with van der Waals surface area (Å²) in [6, 6.07) is -8.42. The van der Waals surface area contributed by atoms with E-state index in [1.807, 2.05) is 0 Å². The van der Waals surface area contributed by atoms with Crippen molar-refractivity contribution in [2.24, 2.45) is 71.6 Å². The van der Waals surface area contributed by atoms with Crippen LogP contribution in [0.25, 0.3) is 0 Å². The van der Waals surface area contributed by atoms with Crippen molar-refractivity contribution in [1.29, 1.82) is 0 Å². The van der Waals surface area contributed by atoms with Crippen molar-refractivity contribution in [3.63, 3.8) is 0 Å². The molecule has 1 aromatic carbocycles. The number of halogens is 1. The summed E-state index contributed by atoms with van der Waals surface area (Å²) < 4.78 is -1.31. The molecule has 1 saturated carbocycles. The predicted octanol–water partition coefficient (Wildman–Crippen LogP) is -6.84. The number of aromatic amines is 1. The molecule has 1 aromatic heterocycles.